The fourth-order valence-corrected chi connectivity index (χ4v) is 4.16. The molecule has 0 saturated carbocycles. The second kappa shape index (κ2) is 11.0. The molecule has 2 N–H and O–H groups in total. The average molecular weight is 462 g/mol. The van der Waals surface area contributed by atoms with E-state index in [4.69, 9.17) is 11.6 Å². The van der Waals surface area contributed by atoms with Crippen LogP contribution in [0.4, 0.5) is 5.69 Å². The van der Waals surface area contributed by atoms with Crippen molar-refractivity contribution in [1.82, 2.24) is 10.6 Å². The molecule has 170 valence electrons. The minimum Gasteiger partial charge on any atom is -0.367 e. The van der Waals surface area contributed by atoms with E-state index in [9.17, 15) is 9.59 Å². The van der Waals surface area contributed by atoms with Gasteiger partial charge in [-0.3, -0.25) is 9.59 Å². The number of benzene rings is 3. The summed E-state index contributed by atoms with van der Waals surface area (Å²) >= 11 is 5.85. The van der Waals surface area contributed by atoms with Crippen molar-refractivity contribution in [2.45, 2.75) is 32.4 Å². The van der Waals surface area contributed by atoms with Crippen LogP contribution < -0.4 is 15.5 Å². The molecule has 6 heteroatoms. The fourth-order valence-electron chi connectivity index (χ4n) is 4.03. The van der Waals surface area contributed by atoms with Crippen LogP contribution in [-0.2, 0) is 35.5 Å². The van der Waals surface area contributed by atoms with Crippen molar-refractivity contribution in [2.75, 3.05) is 18.0 Å². The largest absolute Gasteiger partial charge is 0.367 e. The van der Waals surface area contributed by atoms with Crippen molar-refractivity contribution < 1.29 is 9.59 Å². The maximum Gasteiger partial charge on any atom is 0.309 e. The van der Waals surface area contributed by atoms with Crippen molar-refractivity contribution in [2.24, 2.45) is 0 Å². The molecule has 4 rings (SSSR count). The Kier molecular flexibility index (Phi) is 7.63. The van der Waals surface area contributed by atoms with Crippen LogP contribution in [0.5, 0.6) is 0 Å². The van der Waals surface area contributed by atoms with E-state index in [-0.39, 0.29) is 0 Å². The number of hydrogen-bond donors (Lipinski definition) is 2. The molecular weight excluding hydrogens is 434 g/mol. The normalized spacial score (nSPS) is 12.7. The monoisotopic (exact) mass is 461 g/mol. The number of aryl methyl sites for hydroxylation is 1. The Balaban J connectivity index is 1.17. The van der Waals surface area contributed by atoms with Gasteiger partial charge in [0.25, 0.3) is 0 Å². The van der Waals surface area contributed by atoms with E-state index in [2.05, 4.69) is 64.1 Å². The summed E-state index contributed by atoms with van der Waals surface area (Å²) in [4.78, 5) is 26.4. The van der Waals surface area contributed by atoms with Gasteiger partial charge in [0, 0.05) is 36.9 Å². The van der Waals surface area contributed by atoms with Crippen LogP contribution in [-0.4, -0.2) is 24.9 Å². The third-order valence-electron chi connectivity index (χ3n) is 5.93. The standard InChI is InChI=1S/C27H28ClN3O2/c28-24-11-7-21(8-12-24)18-30-27(33)26(32)29-16-3-4-20-9-13-25(14-10-20)31-17-15-22-5-1-2-6-23(22)19-31/h1-2,5-14H,3-4,15-19H2,(H,29,32)(H,30,33). The molecule has 0 unspecified atom stereocenters. The van der Waals surface area contributed by atoms with E-state index in [0.29, 0.717) is 18.1 Å². The Morgan fingerprint density at radius 1 is 0.818 bits per heavy atom. The molecule has 0 bridgehead atoms. The minimum absolute atomic E-state index is 0.290. The zero-order valence-corrected chi connectivity index (χ0v) is 19.3. The number of carbonyl (C=O) groups excluding carboxylic acids is 2. The second-order valence-corrected chi connectivity index (χ2v) is 8.71. The van der Waals surface area contributed by atoms with Gasteiger partial charge in [-0.05, 0) is 65.8 Å². The van der Waals surface area contributed by atoms with Crippen LogP contribution in [0.3, 0.4) is 0 Å². The van der Waals surface area contributed by atoms with Gasteiger partial charge in [0.2, 0.25) is 0 Å². The zero-order valence-electron chi connectivity index (χ0n) is 18.5. The van der Waals surface area contributed by atoms with Gasteiger partial charge in [0.05, 0.1) is 0 Å². The first kappa shape index (κ1) is 22.9. The molecule has 3 aromatic rings. The molecule has 1 aliphatic rings. The predicted molar refractivity (Wildman–Crippen MR) is 132 cm³/mol. The number of anilines is 1. The van der Waals surface area contributed by atoms with Crippen LogP contribution in [0.2, 0.25) is 5.02 Å². The molecule has 0 fully saturated rings. The molecule has 0 spiro atoms. The summed E-state index contributed by atoms with van der Waals surface area (Å²) in [6.45, 7) is 2.72. The van der Waals surface area contributed by atoms with E-state index >= 15 is 0 Å². The lowest BCUT2D eigenvalue weighted by Crippen LogP contribution is -2.40. The molecular formula is C27H28ClN3O2. The lowest BCUT2D eigenvalue weighted by molar-refractivity contribution is -0.139. The van der Waals surface area contributed by atoms with Gasteiger partial charge in [0.1, 0.15) is 0 Å². The quantitative estimate of drug-likeness (QED) is 0.408. The number of amides is 2. The van der Waals surface area contributed by atoms with Crippen molar-refractivity contribution in [1.29, 1.82) is 0 Å². The highest BCUT2D eigenvalue weighted by atomic mass is 35.5. The highest BCUT2D eigenvalue weighted by Gasteiger charge is 2.16. The summed E-state index contributed by atoms with van der Waals surface area (Å²) in [5.74, 6) is -1.23. The molecule has 1 heterocycles. The summed E-state index contributed by atoms with van der Waals surface area (Å²) < 4.78 is 0. The van der Waals surface area contributed by atoms with Gasteiger partial charge >= 0.3 is 11.8 Å². The SMILES string of the molecule is O=C(NCCCc1ccc(N2CCc3ccccc3C2)cc1)C(=O)NCc1ccc(Cl)cc1. The van der Waals surface area contributed by atoms with Gasteiger partial charge in [0.15, 0.2) is 0 Å². The van der Waals surface area contributed by atoms with E-state index in [1.54, 1.807) is 12.1 Å². The van der Waals surface area contributed by atoms with E-state index in [0.717, 1.165) is 37.9 Å². The Bertz CT molecular complexity index is 1100. The first-order valence-electron chi connectivity index (χ1n) is 11.3. The number of fused-ring (bicyclic) bond motifs is 1. The summed E-state index contributed by atoms with van der Waals surface area (Å²) in [7, 11) is 0. The molecule has 0 radical (unpaired) electrons. The summed E-state index contributed by atoms with van der Waals surface area (Å²) in [6.07, 6.45) is 2.69. The van der Waals surface area contributed by atoms with Gasteiger partial charge in [-0.25, -0.2) is 0 Å². The maximum atomic E-state index is 12.0. The zero-order chi connectivity index (χ0) is 23.0. The summed E-state index contributed by atoms with van der Waals surface area (Å²) in [6, 6.07) is 24.4. The van der Waals surface area contributed by atoms with E-state index in [1.165, 1.54) is 22.4 Å². The number of nitrogens with zero attached hydrogens (tertiary/aromatic N) is 1. The molecule has 33 heavy (non-hydrogen) atoms. The smallest absolute Gasteiger partial charge is 0.309 e. The molecule has 0 aromatic heterocycles. The number of hydrogen-bond acceptors (Lipinski definition) is 3. The number of carbonyl (C=O) groups is 2. The lowest BCUT2D eigenvalue weighted by atomic mass is 9.99. The van der Waals surface area contributed by atoms with Gasteiger partial charge < -0.3 is 15.5 Å². The minimum atomic E-state index is -0.627. The number of rotatable bonds is 7. The van der Waals surface area contributed by atoms with Crippen LogP contribution in [0.1, 0.15) is 28.7 Å². The third kappa shape index (κ3) is 6.36. The molecule has 2 amide bonds. The van der Waals surface area contributed by atoms with Crippen molar-refractivity contribution in [3.05, 3.63) is 100 Å². The van der Waals surface area contributed by atoms with Gasteiger partial charge in [-0.15, -0.1) is 0 Å². The number of halogens is 1. The van der Waals surface area contributed by atoms with Crippen LogP contribution in [0.25, 0.3) is 0 Å². The Morgan fingerprint density at radius 3 is 2.24 bits per heavy atom. The van der Waals surface area contributed by atoms with Crippen LogP contribution in [0.15, 0.2) is 72.8 Å². The Labute approximate surface area is 199 Å². The van der Waals surface area contributed by atoms with Crippen LogP contribution >= 0.6 is 11.6 Å². The van der Waals surface area contributed by atoms with Gasteiger partial charge in [-0.1, -0.05) is 60.1 Å². The highest BCUT2D eigenvalue weighted by molar-refractivity contribution is 6.35. The third-order valence-corrected chi connectivity index (χ3v) is 6.18. The van der Waals surface area contributed by atoms with Crippen molar-refractivity contribution in [3.8, 4) is 0 Å². The molecule has 0 atom stereocenters. The first-order chi connectivity index (χ1) is 16.1. The number of nitrogens with one attached hydrogen (secondary N) is 2. The Morgan fingerprint density at radius 2 is 1.48 bits per heavy atom. The van der Waals surface area contributed by atoms with Gasteiger partial charge in [-0.2, -0.15) is 0 Å². The lowest BCUT2D eigenvalue weighted by Gasteiger charge is -2.30. The molecule has 0 aliphatic carbocycles. The summed E-state index contributed by atoms with van der Waals surface area (Å²) in [5.41, 5.74) is 6.20. The highest BCUT2D eigenvalue weighted by Crippen LogP contribution is 2.24. The first-order valence-corrected chi connectivity index (χ1v) is 11.7. The summed E-state index contributed by atoms with van der Waals surface area (Å²) in [5, 5.41) is 5.95. The average Bonchev–Trinajstić information content (AvgIpc) is 2.86. The predicted octanol–water partition coefficient (Wildman–Crippen LogP) is 4.27. The second-order valence-electron chi connectivity index (χ2n) is 8.28. The molecule has 1 aliphatic heterocycles. The fraction of sp³-hybridized carbons (Fsp3) is 0.259. The Hall–Kier alpha value is -3.31. The molecule has 0 saturated heterocycles. The van der Waals surface area contributed by atoms with E-state index in [1.807, 2.05) is 12.1 Å². The molecule has 3 aromatic carbocycles. The molecule has 5 nitrogen and oxygen atoms in total. The van der Waals surface area contributed by atoms with Crippen LogP contribution in [0, 0.1) is 0 Å². The topological polar surface area (TPSA) is 61.4 Å². The van der Waals surface area contributed by atoms with Crippen molar-refractivity contribution >= 4 is 29.1 Å². The maximum absolute atomic E-state index is 12.0. The van der Waals surface area contributed by atoms with E-state index < -0.39 is 11.8 Å². The van der Waals surface area contributed by atoms with Crippen molar-refractivity contribution in [3.63, 3.8) is 0 Å².